The molecule has 3 rings (SSSR count). The van der Waals surface area contributed by atoms with Crippen molar-refractivity contribution < 1.29 is 4.74 Å². The summed E-state index contributed by atoms with van der Waals surface area (Å²) in [5.74, 6) is 2.63. The number of para-hydroxylation sites is 1. The van der Waals surface area contributed by atoms with Crippen LogP contribution in [0.5, 0.6) is 5.75 Å². The van der Waals surface area contributed by atoms with Gasteiger partial charge in [0.1, 0.15) is 5.75 Å². The second-order valence-corrected chi connectivity index (χ2v) is 7.57. The average molecular weight is 371 g/mol. The molecule has 1 aliphatic heterocycles. The second kappa shape index (κ2) is 10.4. The van der Waals surface area contributed by atoms with Crippen LogP contribution in [0.1, 0.15) is 38.2 Å². The van der Waals surface area contributed by atoms with Gasteiger partial charge in [0.15, 0.2) is 5.96 Å². The molecule has 1 aromatic rings. The Bertz CT molecular complexity index is 618. The Balaban J connectivity index is 1.55. The minimum Gasteiger partial charge on any atom is -0.493 e. The van der Waals surface area contributed by atoms with E-state index < -0.39 is 0 Å². The van der Waals surface area contributed by atoms with Crippen LogP contribution in [0.2, 0.25) is 0 Å². The smallest absolute Gasteiger partial charge is 0.191 e. The van der Waals surface area contributed by atoms with E-state index in [2.05, 4.69) is 47.2 Å². The number of ether oxygens (including phenoxy) is 1. The molecular weight excluding hydrogens is 336 g/mol. The van der Waals surface area contributed by atoms with E-state index in [4.69, 9.17) is 9.73 Å². The van der Waals surface area contributed by atoms with Gasteiger partial charge < -0.3 is 15.4 Å². The first-order chi connectivity index (χ1) is 13.3. The molecule has 2 aliphatic rings. The predicted molar refractivity (Wildman–Crippen MR) is 112 cm³/mol. The second-order valence-electron chi connectivity index (χ2n) is 7.57. The third-order valence-electron chi connectivity index (χ3n) is 5.21. The highest BCUT2D eigenvalue weighted by Crippen LogP contribution is 2.30. The zero-order chi connectivity index (χ0) is 18.9. The molecule has 0 atom stereocenters. The summed E-state index contributed by atoms with van der Waals surface area (Å²) in [5, 5.41) is 7.00. The van der Waals surface area contributed by atoms with Gasteiger partial charge in [-0.1, -0.05) is 24.3 Å². The van der Waals surface area contributed by atoms with Gasteiger partial charge in [-0.3, -0.25) is 4.90 Å². The van der Waals surface area contributed by atoms with Crippen molar-refractivity contribution in [3.63, 3.8) is 0 Å². The largest absolute Gasteiger partial charge is 0.493 e. The highest BCUT2D eigenvalue weighted by molar-refractivity contribution is 5.80. The summed E-state index contributed by atoms with van der Waals surface area (Å²) < 4.78 is 6.01. The fourth-order valence-electron chi connectivity index (χ4n) is 3.39. The van der Waals surface area contributed by atoms with Crippen LogP contribution >= 0.6 is 0 Å². The summed E-state index contributed by atoms with van der Waals surface area (Å²) in [6.45, 7) is 11.5. The number of rotatable bonds is 9. The SMILES string of the molecule is C=CCN1CCC(NC(=NCc2ccccc2OCC2CC2)NCC)CC1. The quantitative estimate of drug-likeness (QED) is 0.398. The molecule has 0 radical (unpaired) electrons. The number of aliphatic imine (C=N–C) groups is 1. The summed E-state index contributed by atoms with van der Waals surface area (Å²) in [6, 6.07) is 8.75. The summed E-state index contributed by atoms with van der Waals surface area (Å²) >= 11 is 0. The van der Waals surface area contributed by atoms with Gasteiger partial charge in [-0.05, 0) is 44.6 Å². The fraction of sp³-hybridized carbons (Fsp3) is 0.591. The minimum absolute atomic E-state index is 0.477. The third-order valence-corrected chi connectivity index (χ3v) is 5.21. The molecule has 5 nitrogen and oxygen atoms in total. The Labute approximate surface area is 163 Å². The monoisotopic (exact) mass is 370 g/mol. The number of likely N-dealkylation sites (tertiary alicyclic amines) is 1. The summed E-state index contributed by atoms with van der Waals surface area (Å²) in [5.41, 5.74) is 1.15. The Hall–Kier alpha value is -2.01. The highest BCUT2D eigenvalue weighted by Gasteiger charge is 2.22. The molecule has 1 saturated heterocycles. The number of hydrogen-bond acceptors (Lipinski definition) is 3. The first-order valence-corrected chi connectivity index (χ1v) is 10.4. The van der Waals surface area contributed by atoms with E-state index in [-0.39, 0.29) is 0 Å². The molecule has 0 spiro atoms. The van der Waals surface area contributed by atoms with Gasteiger partial charge in [-0.15, -0.1) is 6.58 Å². The van der Waals surface area contributed by atoms with Crippen molar-refractivity contribution in [3.8, 4) is 5.75 Å². The first-order valence-electron chi connectivity index (χ1n) is 10.4. The number of nitrogens with one attached hydrogen (secondary N) is 2. The molecule has 2 fully saturated rings. The zero-order valence-electron chi connectivity index (χ0n) is 16.6. The summed E-state index contributed by atoms with van der Waals surface area (Å²) in [7, 11) is 0. The normalized spacial score (nSPS) is 18.9. The van der Waals surface area contributed by atoms with Gasteiger partial charge in [0.05, 0.1) is 13.2 Å². The van der Waals surface area contributed by atoms with E-state index >= 15 is 0 Å². The van der Waals surface area contributed by atoms with Crippen LogP contribution in [0.15, 0.2) is 41.9 Å². The van der Waals surface area contributed by atoms with Crippen LogP contribution in [-0.2, 0) is 6.54 Å². The molecule has 1 aromatic carbocycles. The van der Waals surface area contributed by atoms with Gasteiger partial charge in [0.2, 0.25) is 0 Å². The van der Waals surface area contributed by atoms with Crippen molar-refractivity contribution in [2.45, 2.75) is 45.2 Å². The van der Waals surface area contributed by atoms with Gasteiger partial charge in [-0.25, -0.2) is 4.99 Å². The summed E-state index contributed by atoms with van der Waals surface area (Å²) in [4.78, 5) is 7.27. The maximum Gasteiger partial charge on any atom is 0.191 e. The fourth-order valence-corrected chi connectivity index (χ4v) is 3.39. The van der Waals surface area contributed by atoms with Gasteiger partial charge in [0, 0.05) is 37.8 Å². The molecule has 1 saturated carbocycles. The molecule has 5 heteroatoms. The van der Waals surface area contributed by atoms with Crippen LogP contribution in [0, 0.1) is 5.92 Å². The topological polar surface area (TPSA) is 48.9 Å². The predicted octanol–water partition coefficient (Wildman–Crippen LogP) is 3.18. The molecule has 1 aliphatic carbocycles. The van der Waals surface area contributed by atoms with Gasteiger partial charge in [0.25, 0.3) is 0 Å². The average Bonchev–Trinajstić information content (AvgIpc) is 3.51. The number of benzene rings is 1. The first kappa shape index (κ1) is 19.7. The van der Waals surface area contributed by atoms with Crippen LogP contribution in [0.4, 0.5) is 0 Å². The molecule has 27 heavy (non-hydrogen) atoms. The minimum atomic E-state index is 0.477. The van der Waals surface area contributed by atoms with Crippen LogP contribution in [0.25, 0.3) is 0 Å². The number of piperidine rings is 1. The number of hydrogen-bond donors (Lipinski definition) is 2. The lowest BCUT2D eigenvalue weighted by atomic mass is 10.1. The molecule has 1 heterocycles. The molecule has 0 aromatic heterocycles. The Morgan fingerprint density at radius 2 is 2.04 bits per heavy atom. The molecule has 2 N–H and O–H groups in total. The van der Waals surface area contributed by atoms with Crippen molar-refractivity contribution in [1.82, 2.24) is 15.5 Å². The molecule has 0 unspecified atom stereocenters. The molecule has 0 bridgehead atoms. The maximum atomic E-state index is 6.01. The van der Waals surface area contributed by atoms with Crippen LogP contribution in [0.3, 0.4) is 0 Å². The van der Waals surface area contributed by atoms with E-state index in [1.807, 2.05) is 12.1 Å². The summed E-state index contributed by atoms with van der Waals surface area (Å²) in [6.07, 6.45) is 6.88. The zero-order valence-corrected chi connectivity index (χ0v) is 16.6. The van der Waals surface area contributed by atoms with Crippen LogP contribution in [-0.4, -0.2) is 49.7 Å². The van der Waals surface area contributed by atoms with E-state index in [0.717, 1.165) is 68.8 Å². The lowest BCUT2D eigenvalue weighted by Gasteiger charge is -2.32. The Morgan fingerprint density at radius 1 is 1.26 bits per heavy atom. The number of nitrogens with zero attached hydrogens (tertiary/aromatic N) is 2. The Morgan fingerprint density at radius 3 is 2.74 bits per heavy atom. The third kappa shape index (κ3) is 6.58. The van der Waals surface area contributed by atoms with Gasteiger partial charge >= 0.3 is 0 Å². The molecular formula is C22H34N4O. The van der Waals surface area contributed by atoms with Crippen molar-refractivity contribution in [2.75, 3.05) is 32.8 Å². The van der Waals surface area contributed by atoms with Crippen molar-refractivity contribution in [3.05, 3.63) is 42.5 Å². The molecule has 148 valence electrons. The number of guanidine groups is 1. The van der Waals surface area contributed by atoms with E-state index in [1.54, 1.807) is 0 Å². The van der Waals surface area contributed by atoms with Crippen LogP contribution < -0.4 is 15.4 Å². The highest BCUT2D eigenvalue weighted by atomic mass is 16.5. The van der Waals surface area contributed by atoms with E-state index in [0.29, 0.717) is 12.6 Å². The van der Waals surface area contributed by atoms with E-state index in [9.17, 15) is 0 Å². The standard InChI is InChI=1S/C22H34N4O/c1-3-13-26-14-11-20(12-15-26)25-22(23-4-2)24-16-19-7-5-6-8-21(19)27-17-18-9-10-18/h3,5-8,18,20H,1,4,9-17H2,2H3,(H2,23,24,25). The van der Waals surface area contributed by atoms with Crippen molar-refractivity contribution in [2.24, 2.45) is 10.9 Å². The Kier molecular flexibility index (Phi) is 7.57. The van der Waals surface area contributed by atoms with Gasteiger partial charge in [-0.2, -0.15) is 0 Å². The van der Waals surface area contributed by atoms with Crippen molar-refractivity contribution in [1.29, 1.82) is 0 Å². The molecule has 0 amide bonds. The van der Waals surface area contributed by atoms with Crippen molar-refractivity contribution >= 4 is 5.96 Å². The maximum absolute atomic E-state index is 6.01. The lowest BCUT2D eigenvalue weighted by Crippen LogP contribution is -2.48. The van der Waals surface area contributed by atoms with E-state index in [1.165, 1.54) is 12.8 Å². The lowest BCUT2D eigenvalue weighted by molar-refractivity contribution is 0.225.